The van der Waals surface area contributed by atoms with E-state index in [4.69, 9.17) is 11.6 Å². The van der Waals surface area contributed by atoms with E-state index < -0.39 is 8.07 Å². The van der Waals surface area contributed by atoms with Gasteiger partial charge in [0.05, 0.1) is 11.4 Å². The second kappa shape index (κ2) is 4.34. The van der Waals surface area contributed by atoms with Crippen LogP contribution in [0.5, 0.6) is 0 Å². The molecule has 0 saturated carbocycles. The van der Waals surface area contributed by atoms with Gasteiger partial charge in [0.1, 0.15) is 13.8 Å². The number of hydrogen-bond donors (Lipinski definition) is 0. The molecular weight excluding hydrogens is 224 g/mol. The zero-order valence-electron chi connectivity index (χ0n) is 9.77. The average molecular weight is 239 g/mol. The lowest BCUT2D eigenvalue weighted by atomic mass is 10.3. The first-order valence-corrected chi connectivity index (χ1v) is 8.71. The van der Waals surface area contributed by atoms with Crippen LogP contribution in [-0.4, -0.2) is 18.0 Å². The molecule has 15 heavy (non-hydrogen) atoms. The van der Waals surface area contributed by atoms with Crippen molar-refractivity contribution >= 4 is 19.7 Å². The Morgan fingerprint density at radius 1 is 1.07 bits per heavy atom. The molecule has 1 rings (SSSR count). The molecule has 2 nitrogen and oxygen atoms in total. The van der Waals surface area contributed by atoms with Crippen molar-refractivity contribution in [3.05, 3.63) is 22.2 Å². The van der Waals surface area contributed by atoms with Gasteiger partial charge >= 0.3 is 0 Å². The molecule has 0 bridgehead atoms. The summed E-state index contributed by atoms with van der Waals surface area (Å²) in [6.45, 7) is 10.4. The molecule has 0 amide bonds. The Balaban J connectivity index is 3.15. The molecule has 0 fully saturated rings. The minimum atomic E-state index is -1.38. The Bertz CT molecular complexity index is 438. The van der Waals surface area contributed by atoms with Gasteiger partial charge < -0.3 is 0 Å². The van der Waals surface area contributed by atoms with Crippen LogP contribution in [-0.2, 0) is 0 Å². The van der Waals surface area contributed by atoms with Crippen LogP contribution in [0.4, 0.5) is 0 Å². The van der Waals surface area contributed by atoms with E-state index in [1.807, 2.05) is 13.8 Å². The van der Waals surface area contributed by atoms with Crippen molar-refractivity contribution < 1.29 is 0 Å². The molecule has 0 radical (unpaired) electrons. The number of aromatic nitrogens is 2. The molecule has 0 N–H and O–H groups in total. The summed E-state index contributed by atoms with van der Waals surface area (Å²) in [7, 11) is -1.38. The lowest BCUT2D eigenvalue weighted by Gasteiger charge is -2.04. The van der Waals surface area contributed by atoms with E-state index in [2.05, 4.69) is 41.1 Å². The third-order valence-corrected chi connectivity index (χ3v) is 2.96. The molecule has 1 aromatic rings. The normalized spacial score (nSPS) is 10.8. The smallest absolute Gasteiger partial charge is 0.163 e. The second-order valence-electron chi connectivity index (χ2n) is 4.53. The predicted molar refractivity (Wildman–Crippen MR) is 66.7 cm³/mol. The Kier molecular flexibility index (Phi) is 3.53. The van der Waals surface area contributed by atoms with Crippen LogP contribution < -0.4 is 0 Å². The molecule has 0 spiro atoms. The van der Waals surface area contributed by atoms with E-state index in [0.29, 0.717) is 10.8 Å². The Morgan fingerprint density at radius 3 is 2.13 bits per heavy atom. The number of hydrogen-bond acceptors (Lipinski definition) is 2. The van der Waals surface area contributed by atoms with Crippen LogP contribution in [0.3, 0.4) is 0 Å². The fourth-order valence-electron chi connectivity index (χ4n) is 0.902. The van der Waals surface area contributed by atoms with Crippen molar-refractivity contribution in [1.82, 2.24) is 9.97 Å². The summed E-state index contributed by atoms with van der Waals surface area (Å²) in [5.41, 5.74) is 5.57. The summed E-state index contributed by atoms with van der Waals surface area (Å²) in [6.07, 6.45) is 0. The van der Waals surface area contributed by atoms with Crippen LogP contribution in [0, 0.1) is 25.3 Å². The minimum absolute atomic E-state index is 0.406. The zero-order chi connectivity index (χ0) is 11.6. The quantitative estimate of drug-likeness (QED) is 0.513. The fourth-order valence-corrected chi connectivity index (χ4v) is 1.61. The average Bonchev–Trinajstić information content (AvgIpc) is 2.07. The van der Waals surface area contributed by atoms with Crippen molar-refractivity contribution in [2.45, 2.75) is 33.5 Å². The molecule has 1 aromatic heterocycles. The summed E-state index contributed by atoms with van der Waals surface area (Å²) in [5, 5.41) is 0.406. The largest absolute Gasteiger partial charge is 0.240 e. The third-order valence-electron chi connectivity index (χ3n) is 1.82. The van der Waals surface area contributed by atoms with Crippen molar-refractivity contribution in [3.63, 3.8) is 0 Å². The van der Waals surface area contributed by atoms with Crippen LogP contribution in [0.2, 0.25) is 24.8 Å². The predicted octanol–water partition coefficient (Wildman–Crippen LogP) is 2.98. The van der Waals surface area contributed by atoms with Crippen LogP contribution in [0.25, 0.3) is 0 Å². The van der Waals surface area contributed by atoms with Gasteiger partial charge in [-0.3, -0.25) is 0 Å². The number of rotatable bonds is 0. The minimum Gasteiger partial charge on any atom is -0.240 e. The van der Waals surface area contributed by atoms with E-state index in [1.54, 1.807) is 0 Å². The maximum atomic E-state index is 5.97. The highest BCUT2D eigenvalue weighted by Gasteiger charge is 2.09. The van der Waals surface area contributed by atoms with Gasteiger partial charge in [-0.25, -0.2) is 9.97 Å². The highest BCUT2D eigenvalue weighted by molar-refractivity contribution is 6.83. The van der Waals surface area contributed by atoms with Gasteiger partial charge in [0.2, 0.25) is 0 Å². The van der Waals surface area contributed by atoms with Gasteiger partial charge in [0.25, 0.3) is 0 Å². The first kappa shape index (κ1) is 12.2. The molecule has 4 heteroatoms. The number of nitrogens with zero attached hydrogens (tertiary/aromatic N) is 2. The zero-order valence-corrected chi connectivity index (χ0v) is 11.5. The van der Waals surface area contributed by atoms with Crippen molar-refractivity contribution in [1.29, 1.82) is 0 Å². The van der Waals surface area contributed by atoms with Gasteiger partial charge in [0.15, 0.2) is 5.15 Å². The fraction of sp³-hybridized carbons (Fsp3) is 0.455. The Labute approximate surface area is 97.1 Å². The maximum absolute atomic E-state index is 5.97. The van der Waals surface area contributed by atoms with Crippen molar-refractivity contribution in [2.75, 3.05) is 0 Å². The second-order valence-corrected chi connectivity index (χ2v) is 9.64. The summed E-state index contributed by atoms with van der Waals surface area (Å²) in [6, 6.07) is 0. The summed E-state index contributed by atoms with van der Waals surface area (Å²) >= 11 is 5.97. The standard InChI is InChI=1S/C11H15ClN2Si/c1-8-9(2)14-11(12)10(13-8)6-7-15(3,4)5/h1-5H3. The van der Waals surface area contributed by atoms with Crippen LogP contribution in [0.15, 0.2) is 0 Å². The molecule has 0 aliphatic heterocycles. The van der Waals surface area contributed by atoms with Crippen molar-refractivity contribution in [2.24, 2.45) is 0 Å². The van der Waals surface area contributed by atoms with E-state index in [9.17, 15) is 0 Å². The first-order chi connectivity index (χ1) is 6.79. The molecule has 80 valence electrons. The van der Waals surface area contributed by atoms with Gasteiger partial charge in [-0.2, -0.15) is 0 Å². The lowest BCUT2D eigenvalue weighted by Crippen LogP contribution is -2.16. The maximum Gasteiger partial charge on any atom is 0.163 e. The van der Waals surface area contributed by atoms with Gasteiger partial charge in [0, 0.05) is 0 Å². The van der Waals surface area contributed by atoms with E-state index in [1.165, 1.54) is 0 Å². The SMILES string of the molecule is Cc1nc(Cl)c(C#C[Si](C)(C)C)nc1C. The highest BCUT2D eigenvalue weighted by atomic mass is 35.5. The molecule has 0 aliphatic carbocycles. The van der Waals surface area contributed by atoms with Crippen LogP contribution in [0.1, 0.15) is 17.1 Å². The lowest BCUT2D eigenvalue weighted by molar-refractivity contribution is 1.03. The van der Waals surface area contributed by atoms with Gasteiger partial charge in [-0.1, -0.05) is 37.2 Å². The highest BCUT2D eigenvalue weighted by Crippen LogP contribution is 2.12. The first-order valence-electron chi connectivity index (χ1n) is 4.83. The topological polar surface area (TPSA) is 25.8 Å². The molecular formula is C11H15ClN2Si. The molecule has 0 atom stereocenters. The van der Waals surface area contributed by atoms with Crippen LogP contribution >= 0.6 is 11.6 Å². The number of aryl methyl sites for hydroxylation is 2. The van der Waals surface area contributed by atoms with E-state index >= 15 is 0 Å². The molecule has 0 aliphatic rings. The van der Waals surface area contributed by atoms with E-state index in [-0.39, 0.29) is 0 Å². The number of halogens is 1. The summed E-state index contributed by atoms with van der Waals surface area (Å²) in [4.78, 5) is 8.52. The third kappa shape index (κ3) is 3.65. The van der Waals surface area contributed by atoms with E-state index in [0.717, 1.165) is 11.4 Å². The summed E-state index contributed by atoms with van der Waals surface area (Å²) < 4.78 is 0. The Morgan fingerprint density at radius 2 is 1.60 bits per heavy atom. The molecule has 1 heterocycles. The van der Waals surface area contributed by atoms with Crippen molar-refractivity contribution in [3.8, 4) is 11.5 Å². The Hall–Kier alpha value is -0.853. The summed E-state index contributed by atoms with van der Waals surface area (Å²) in [5.74, 6) is 3.03. The van der Waals surface area contributed by atoms with Gasteiger partial charge in [-0.15, -0.1) is 5.54 Å². The molecule has 0 unspecified atom stereocenters. The monoisotopic (exact) mass is 238 g/mol. The molecule has 0 aromatic carbocycles. The van der Waals surface area contributed by atoms with Gasteiger partial charge in [-0.05, 0) is 13.8 Å². The molecule has 0 saturated heterocycles.